The van der Waals surface area contributed by atoms with Crippen molar-refractivity contribution in [2.24, 2.45) is 5.92 Å². The number of anilines is 1. The summed E-state index contributed by atoms with van der Waals surface area (Å²) >= 11 is 5.84. The van der Waals surface area contributed by atoms with E-state index < -0.39 is 0 Å². The molecule has 0 N–H and O–H groups in total. The van der Waals surface area contributed by atoms with E-state index >= 15 is 0 Å². The first-order chi connectivity index (χ1) is 13.6. The minimum atomic E-state index is -0.275. The van der Waals surface area contributed by atoms with Gasteiger partial charge in [0.05, 0.1) is 10.9 Å². The molecule has 146 valence electrons. The maximum absolute atomic E-state index is 12.9. The fourth-order valence-electron chi connectivity index (χ4n) is 3.79. The van der Waals surface area contributed by atoms with Crippen molar-refractivity contribution in [1.29, 1.82) is 0 Å². The number of pyridine rings is 1. The number of piperidine rings is 1. The van der Waals surface area contributed by atoms with Crippen LogP contribution < -0.4 is 9.64 Å². The third-order valence-electron chi connectivity index (χ3n) is 5.28. The van der Waals surface area contributed by atoms with Crippen LogP contribution in [0, 0.1) is 5.92 Å². The fraction of sp³-hybridized carbons (Fsp3) is 0.381. The summed E-state index contributed by atoms with van der Waals surface area (Å²) in [6.07, 6.45) is 3.37. The van der Waals surface area contributed by atoms with Gasteiger partial charge in [0.1, 0.15) is 6.10 Å². The lowest BCUT2D eigenvalue weighted by Crippen LogP contribution is -2.45. The predicted molar refractivity (Wildman–Crippen MR) is 106 cm³/mol. The standard InChI is InChI=1S/C21H22ClN3O3/c22-16-6-7-19(23-13-16)28-18-8-10-24(11-9-18)21(27)15-12-20(26)25(14-15)17-4-2-1-3-5-17/h1-7,13,15,18H,8-12,14H2/t15-/m1/s1. The average molecular weight is 400 g/mol. The monoisotopic (exact) mass is 399 g/mol. The number of likely N-dealkylation sites (tertiary alicyclic amines) is 1. The average Bonchev–Trinajstić information content (AvgIpc) is 3.12. The number of rotatable bonds is 4. The number of hydrogen-bond acceptors (Lipinski definition) is 4. The lowest BCUT2D eigenvalue weighted by molar-refractivity contribution is -0.137. The molecule has 28 heavy (non-hydrogen) atoms. The minimum Gasteiger partial charge on any atom is -0.474 e. The van der Waals surface area contributed by atoms with Crippen molar-refractivity contribution in [3.8, 4) is 5.88 Å². The summed E-state index contributed by atoms with van der Waals surface area (Å²) in [6.45, 7) is 1.72. The first-order valence-electron chi connectivity index (χ1n) is 9.52. The maximum Gasteiger partial charge on any atom is 0.228 e. The van der Waals surface area contributed by atoms with Crippen LogP contribution in [0.25, 0.3) is 0 Å². The fourth-order valence-corrected chi connectivity index (χ4v) is 3.90. The zero-order valence-electron chi connectivity index (χ0n) is 15.5. The van der Waals surface area contributed by atoms with Crippen LogP contribution in [0.1, 0.15) is 19.3 Å². The molecule has 2 fully saturated rings. The maximum atomic E-state index is 12.9. The molecule has 0 bridgehead atoms. The Bertz CT molecular complexity index is 836. The van der Waals surface area contributed by atoms with Gasteiger partial charge in [-0.25, -0.2) is 4.98 Å². The van der Waals surface area contributed by atoms with E-state index in [9.17, 15) is 9.59 Å². The van der Waals surface area contributed by atoms with Crippen LogP contribution in [0.3, 0.4) is 0 Å². The van der Waals surface area contributed by atoms with Gasteiger partial charge in [0.2, 0.25) is 17.7 Å². The SMILES string of the molecule is O=C([C@@H]1CC(=O)N(c2ccccc2)C1)N1CCC(Oc2ccc(Cl)cn2)CC1. The molecule has 0 spiro atoms. The van der Waals surface area contributed by atoms with Crippen LogP contribution in [0.15, 0.2) is 48.7 Å². The molecule has 3 heterocycles. The Kier molecular flexibility index (Phi) is 5.48. The molecule has 1 aromatic heterocycles. The van der Waals surface area contributed by atoms with Gasteiger partial charge in [0, 0.05) is 56.8 Å². The molecule has 1 atom stereocenters. The molecule has 0 unspecified atom stereocenters. The zero-order chi connectivity index (χ0) is 19.5. The van der Waals surface area contributed by atoms with Crippen molar-refractivity contribution in [1.82, 2.24) is 9.88 Å². The van der Waals surface area contributed by atoms with Crippen molar-refractivity contribution in [2.45, 2.75) is 25.4 Å². The highest BCUT2D eigenvalue weighted by molar-refractivity contribution is 6.30. The van der Waals surface area contributed by atoms with E-state index in [4.69, 9.17) is 16.3 Å². The van der Waals surface area contributed by atoms with E-state index in [2.05, 4.69) is 4.98 Å². The van der Waals surface area contributed by atoms with E-state index in [1.165, 1.54) is 0 Å². The molecule has 0 saturated carbocycles. The second-order valence-electron chi connectivity index (χ2n) is 7.20. The molecule has 2 aliphatic rings. The van der Waals surface area contributed by atoms with Gasteiger partial charge < -0.3 is 14.5 Å². The van der Waals surface area contributed by atoms with Gasteiger partial charge in [-0.1, -0.05) is 29.8 Å². The third-order valence-corrected chi connectivity index (χ3v) is 5.51. The van der Waals surface area contributed by atoms with Crippen molar-refractivity contribution in [3.05, 3.63) is 53.7 Å². The summed E-state index contributed by atoms with van der Waals surface area (Å²) in [6, 6.07) is 13.0. The van der Waals surface area contributed by atoms with Gasteiger partial charge in [-0.15, -0.1) is 0 Å². The largest absolute Gasteiger partial charge is 0.474 e. The summed E-state index contributed by atoms with van der Waals surface area (Å²) in [5.41, 5.74) is 0.852. The lowest BCUT2D eigenvalue weighted by atomic mass is 10.0. The highest BCUT2D eigenvalue weighted by Gasteiger charge is 2.38. The van der Waals surface area contributed by atoms with Gasteiger partial charge in [-0.3, -0.25) is 9.59 Å². The summed E-state index contributed by atoms with van der Waals surface area (Å²) in [4.78, 5) is 33.0. The number of hydrogen-bond donors (Lipinski definition) is 0. The number of amides is 2. The van der Waals surface area contributed by atoms with Gasteiger partial charge in [0.25, 0.3) is 0 Å². The second-order valence-corrected chi connectivity index (χ2v) is 7.63. The Balaban J connectivity index is 1.30. The third kappa shape index (κ3) is 4.12. The molecule has 1 aromatic carbocycles. The first kappa shape index (κ1) is 18.7. The van der Waals surface area contributed by atoms with Gasteiger partial charge in [-0.2, -0.15) is 0 Å². The van der Waals surface area contributed by atoms with Crippen molar-refractivity contribution in [3.63, 3.8) is 0 Å². The Morgan fingerprint density at radius 3 is 2.54 bits per heavy atom. The normalized spacial score (nSPS) is 20.5. The molecule has 0 aliphatic carbocycles. The molecule has 2 aliphatic heterocycles. The van der Waals surface area contributed by atoms with Crippen LogP contribution in [0.4, 0.5) is 5.69 Å². The minimum absolute atomic E-state index is 0.0107. The van der Waals surface area contributed by atoms with E-state index in [0.29, 0.717) is 30.5 Å². The van der Waals surface area contributed by atoms with Crippen molar-refractivity contribution >= 4 is 29.1 Å². The number of carbonyl (C=O) groups excluding carboxylic acids is 2. The molecular formula is C21H22ClN3O3. The predicted octanol–water partition coefficient (Wildman–Crippen LogP) is 3.16. The second kappa shape index (κ2) is 8.19. The number of aromatic nitrogens is 1. The summed E-state index contributed by atoms with van der Waals surface area (Å²) < 4.78 is 5.89. The van der Waals surface area contributed by atoms with E-state index in [0.717, 1.165) is 18.5 Å². The molecule has 6 nitrogen and oxygen atoms in total. The molecule has 2 amide bonds. The van der Waals surface area contributed by atoms with Crippen LogP contribution in [-0.2, 0) is 9.59 Å². The van der Waals surface area contributed by atoms with Gasteiger partial charge in [0.15, 0.2) is 0 Å². The number of ether oxygens (including phenoxy) is 1. The first-order valence-corrected chi connectivity index (χ1v) is 9.90. The summed E-state index contributed by atoms with van der Waals surface area (Å²) in [5.74, 6) is 0.351. The molecule has 7 heteroatoms. The van der Waals surface area contributed by atoms with Crippen LogP contribution in [0.2, 0.25) is 5.02 Å². The molecular weight excluding hydrogens is 378 g/mol. The number of nitrogens with zero attached hydrogens (tertiary/aromatic N) is 3. The number of benzene rings is 1. The topological polar surface area (TPSA) is 62.7 Å². The molecule has 2 aromatic rings. The highest BCUT2D eigenvalue weighted by Crippen LogP contribution is 2.27. The molecule has 2 saturated heterocycles. The quantitative estimate of drug-likeness (QED) is 0.792. The smallest absolute Gasteiger partial charge is 0.228 e. The molecule has 0 radical (unpaired) electrons. The van der Waals surface area contributed by atoms with Crippen LogP contribution in [0.5, 0.6) is 5.88 Å². The Morgan fingerprint density at radius 1 is 1.11 bits per heavy atom. The number of para-hydroxylation sites is 1. The summed E-state index contributed by atoms with van der Waals surface area (Å²) in [7, 11) is 0. The number of carbonyl (C=O) groups is 2. The Morgan fingerprint density at radius 2 is 1.86 bits per heavy atom. The lowest BCUT2D eigenvalue weighted by Gasteiger charge is -2.33. The van der Waals surface area contributed by atoms with E-state index in [1.54, 1.807) is 23.2 Å². The van der Waals surface area contributed by atoms with Crippen LogP contribution >= 0.6 is 11.6 Å². The Hall–Kier alpha value is -2.60. The van der Waals surface area contributed by atoms with Gasteiger partial charge >= 0.3 is 0 Å². The van der Waals surface area contributed by atoms with E-state index in [1.807, 2.05) is 35.2 Å². The van der Waals surface area contributed by atoms with Gasteiger partial charge in [-0.05, 0) is 18.2 Å². The zero-order valence-corrected chi connectivity index (χ0v) is 16.2. The van der Waals surface area contributed by atoms with E-state index in [-0.39, 0.29) is 30.3 Å². The molecule has 4 rings (SSSR count). The summed E-state index contributed by atoms with van der Waals surface area (Å²) in [5, 5.41) is 0.573. The van der Waals surface area contributed by atoms with Crippen LogP contribution in [-0.4, -0.2) is 47.4 Å². The number of halogens is 1. The van der Waals surface area contributed by atoms with Crippen molar-refractivity contribution in [2.75, 3.05) is 24.5 Å². The van der Waals surface area contributed by atoms with Crippen molar-refractivity contribution < 1.29 is 14.3 Å². The highest BCUT2D eigenvalue weighted by atomic mass is 35.5. The Labute approximate surface area is 169 Å².